The lowest BCUT2D eigenvalue weighted by molar-refractivity contribution is -0.384. The molecule has 7 heteroatoms. The van der Waals surface area contributed by atoms with Crippen molar-refractivity contribution in [2.75, 3.05) is 5.32 Å². The first-order chi connectivity index (χ1) is 14.1. The van der Waals surface area contributed by atoms with E-state index in [-0.39, 0.29) is 11.4 Å². The van der Waals surface area contributed by atoms with Crippen molar-refractivity contribution in [1.29, 1.82) is 0 Å². The Labute approximate surface area is 168 Å². The highest BCUT2D eigenvalue weighted by Gasteiger charge is 2.48. The predicted octanol–water partition coefficient (Wildman–Crippen LogP) is 4.49. The van der Waals surface area contributed by atoms with Gasteiger partial charge in [0.15, 0.2) is 0 Å². The van der Waals surface area contributed by atoms with Gasteiger partial charge in [-0.15, -0.1) is 0 Å². The van der Waals surface area contributed by atoms with Crippen LogP contribution in [0.2, 0.25) is 0 Å². The molecule has 2 saturated heterocycles. The quantitative estimate of drug-likeness (QED) is 0.511. The number of nitrogens with one attached hydrogen (secondary N) is 1. The fourth-order valence-corrected chi connectivity index (χ4v) is 4.99. The lowest BCUT2D eigenvalue weighted by atomic mass is 9.95. The molecule has 2 unspecified atom stereocenters. The van der Waals surface area contributed by atoms with Crippen LogP contribution in [0.1, 0.15) is 37.7 Å². The topological polar surface area (TPSA) is 84.2 Å². The first kappa shape index (κ1) is 18.0. The zero-order valence-corrected chi connectivity index (χ0v) is 16.1. The van der Waals surface area contributed by atoms with E-state index in [1.54, 1.807) is 6.07 Å². The zero-order valence-electron chi connectivity index (χ0n) is 16.1. The highest BCUT2D eigenvalue weighted by molar-refractivity contribution is 5.90. The molecule has 0 amide bonds. The van der Waals surface area contributed by atoms with Gasteiger partial charge in [-0.3, -0.25) is 15.0 Å². The number of piperidine rings is 1. The van der Waals surface area contributed by atoms with Crippen LogP contribution < -0.4 is 5.32 Å². The molecule has 0 spiro atoms. The molecule has 7 nitrogen and oxygen atoms in total. The van der Waals surface area contributed by atoms with Crippen LogP contribution in [0, 0.1) is 10.1 Å². The normalized spacial score (nSPS) is 23.9. The van der Waals surface area contributed by atoms with Crippen LogP contribution in [0.4, 0.5) is 11.5 Å². The summed E-state index contributed by atoms with van der Waals surface area (Å²) in [5, 5.41) is 15.7. The van der Waals surface area contributed by atoms with Crippen LogP contribution in [0.3, 0.4) is 0 Å². The molecule has 3 heterocycles. The maximum absolute atomic E-state index is 11.1. The molecule has 0 saturated carbocycles. The second kappa shape index (κ2) is 7.08. The molecule has 3 aromatic rings. The molecule has 148 valence electrons. The Bertz CT molecular complexity index is 1050. The van der Waals surface area contributed by atoms with Gasteiger partial charge in [-0.1, -0.05) is 30.3 Å². The number of nitrogens with zero attached hydrogens (tertiary/aromatic N) is 4. The highest BCUT2D eigenvalue weighted by atomic mass is 16.6. The SMILES string of the molecule is O=[N+]([O-])c1ccc2c(NC34CCCC(CC3)N4Cc3ccccc3)ncnc2c1. The minimum absolute atomic E-state index is 0.0459. The third-order valence-electron chi connectivity index (χ3n) is 6.39. The number of anilines is 1. The van der Waals surface area contributed by atoms with E-state index in [1.807, 2.05) is 0 Å². The molecule has 0 radical (unpaired) electrons. The summed E-state index contributed by atoms with van der Waals surface area (Å²) in [6.45, 7) is 0.910. The maximum atomic E-state index is 11.1. The van der Waals surface area contributed by atoms with E-state index in [0.29, 0.717) is 11.6 Å². The van der Waals surface area contributed by atoms with Crippen LogP contribution >= 0.6 is 0 Å². The van der Waals surface area contributed by atoms with Crippen molar-refractivity contribution >= 4 is 22.4 Å². The summed E-state index contributed by atoms with van der Waals surface area (Å²) in [6.07, 6.45) is 7.22. The van der Waals surface area contributed by atoms with Crippen LogP contribution in [0.15, 0.2) is 54.9 Å². The van der Waals surface area contributed by atoms with E-state index in [4.69, 9.17) is 0 Å². The Morgan fingerprint density at radius 3 is 2.83 bits per heavy atom. The standard InChI is InChI=1S/C22H23N5O2/c28-27(29)18-8-9-19-20(13-18)23-15-24-21(19)25-22-11-4-7-17(10-12-22)26(22)14-16-5-2-1-3-6-16/h1-3,5-6,8-9,13,15,17H,4,7,10-12,14H2,(H,23,24,25). The van der Waals surface area contributed by atoms with E-state index in [2.05, 4.69) is 50.5 Å². The lowest BCUT2D eigenvalue weighted by Crippen LogP contribution is -2.54. The van der Waals surface area contributed by atoms with E-state index in [0.717, 1.165) is 30.6 Å². The van der Waals surface area contributed by atoms with Crippen LogP contribution in [-0.4, -0.2) is 31.5 Å². The number of fused-ring (bicyclic) bond motifs is 3. The number of hydrogen-bond donors (Lipinski definition) is 1. The van der Waals surface area contributed by atoms with Gasteiger partial charge in [0.1, 0.15) is 12.1 Å². The zero-order chi connectivity index (χ0) is 19.8. The Morgan fingerprint density at radius 1 is 1.14 bits per heavy atom. The summed E-state index contributed by atoms with van der Waals surface area (Å²) in [5.74, 6) is 0.755. The van der Waals surface area contributed by atoms with Crippen molar-refractivity contribution < 1.29 is 4.92 Å². The minimum Gasteiger partial charge on any atom is -0.351 e. The number of hydrogen-bond acceptors (Lipinski definition) is 6. The Hall–Kier alpha value is -3.06. The molecule has 2 aliphatic heterocycles. The molecule has 1 aromatic heterocycles. The van der Waals surface area contributed by atoms with Crippen molar-refractivity contribution in [3.05, 3.63) is 70.5 Å². The monoisotopic (exact) mass is 389 g/mol. The molecule has 2 aliphatic rings. The van der Waals surface area contributed by atoms with E-state index < -0.39 is 4.92 Å². The molecule has 2 fully saturated rings. The van der Waals surface area contributed by atoms with Crippen LogP contribution in [0.25, 0.3) is 10.9 Å². The Kier molecular flexibility index (Phi) is 4.39. The lowest BCUT2D eigenvalue weighted by Gasteiger charge is -2.46. The molecular formula is C22H23N5O2. The van der Waals surface area contributed by atoms with Crippen molar-refractivity contribution in [1.82, 2.24) is 14.9 Å². The first-order valence-corrected chi connectivity index (χ1v) is 10.1. The predicted molar refractivity (Wildman–Crippen MR) is 111 cm³/mol. The largest absolute Gasteiger partial charge is 0.351 e. The smallest absolute Gasteiger partial charge is 0.271 e. The van der Waals surface area contributed by atoms with E-state index >= 15 is 0 Å². The summed E-state index contributed by atoms with van der Waals surface area (Å²) < 4.78 is 0. The fourth-order valence-electron chi connectivity index (χ4n) is 4.99. The van der Waals surface area contributed by atoms with Gasteiger partial charge in [-0.05, 0) is 43.7 Å². The van der Waals surface area contributed by atoms with Gasteiger partial charge in [-0.2, -0.15) is 0 Å². The number of benzene rings is 2. The average molecular weight is 389 g/mol. The average Bonchev–Trinajstić information content (AvgIpc) is 2.92. The van der Waals surface area contributed by atoms with Gasteiger partial charge in [0.2, 0.25) is 0 Å². The van der Waals surface area contributed by atoms with Crippen LogP contribution in [-0.2, 0) is 6.54 Å². The number of non-ortho nitro benzene ring substituents is 1. The number of nitro groups is 1. The fraction of sp³-hybridized carbons (Fsp3) is 0.364. The Morgan fingerprint density at radius 2 is 2.00 bits per heavy atom. The number of nitro benzene ring substituents is 1. The van der Waals surface area contributed by atoms with E-state index in [1.165, 1.54) is 43.3 Å². The summed E-state index contributed by atoms with van der Waals surface area (Å²) in [7, 11) is 0. The van der Waals surface area contributed by atoms with Gasteiger partial charge in [0.25, 0.3) is 5.69 Å². The van der Waals surface area contributed by atoms with Crippen LogP contribution in [0.5, 0.6) is 0 Å². The summed E-state index contributed by atoms with van der Waals surface area (Å²) in [6, 6.07) is 16.0. The maximum Gasteiger partial charge on any atom is 0.271 e. The summed E-state index contributed by atoms with van der Waals surface area (Å²) in [4.78, 5) is 22.1. The molecule has 2 atom stereocenters. The van der Waals surface area contributed by atoms with Crippen molar-refractivity contribution in [2.45, 2.75) is 50.4 Å². The summed E-state index contributed by atoms with van der Waals surface area (Å²) >= 11 is 0. The molecule has 29 heavy (non-hydrogen) atoms. The van der Waals surface area contributed by atoms with E-state index in [9.17, 15) is 10.1 Å². The molecule has 2 bridgehead atoms. The number of aromatic nitrogens is 2. The van der Waals surface area contributed by atoms with Gasteiger partial charge < -0.3 is 5.32 Å². The highest BCUT2D eigenvalue weighted by Crippen LogP contribution is 2.45. The summed E-state index contributed by atoms with van der Waals surface area (Å²) in [5.41, 5.74) is 1.82. The molecule has 0 aliphatic carbocycles. The number of rotatable bonds is 5. The van der Waals surface area contributed by atoms with Gasteiger partial charge >= 0.3 is 0 Å². The van der Waals surface area contributed by atoms with Gasteiger partial charge in [-0.25, -0.2) is 9.97 Å². The molecule has 5 rings (SSSR count). The third-order valence-corrected chi connectivity index (χ3v) is 6.39. The molecule has 2 aromatic carbocycles. The molecular weight excluding hydrogens is 366 g/mol. The van der Waals surface area contributed by atoms with Gasteiger partial charge in [0.05, 0.1) is 16.1 Å². The van der Waals surface area contributed by atoms with Crippen molar-refractivity contribution in [2.24, 2.45) is 0 Å². The second-order valence-electron chi connectivity index (χ2n) is 8.04. The third kappa shape index (κ3) is 3.21. The first-order valence-electron chi connectivity index (χ1n) is 10.1. The van der Waals surface area contributed by atoms with Crippen molar-refractivity contribution in [3.63, 3.8) is 0 Å². The second-order valence-corrected chi connectivity index (χ2v) is 8.04. The molecule has 1 N–H and O–H groups in total. The van der Waals surface area contributed by atoms with Crippen molar-refractivity contribution in [3.8, 4) is 0 Å². The Balaban J connectivity index is 1.50. The van der Waals surface area contributed by atoms with Gasteiger partial charge in [0, 0.05) is 30.1 Å². The minimum atomic E-state index is -0.391.